The summed E-state index contributed by atoms with van der Waals surface area (Å²) in [5.41, 5.74) is 6.04. The molecule has 2 aliphatic carbocycles. The van der Waals surface area contributed by atoms with Crippen molar-refractivity contribution in [3.8, 4) is 0 Å². The highest BCUT2D eigenvalue weighted by atomic mass is 32.2. The van der Waals surface area contributed by atoms with Gasteiger partial charge in [0.2, 0.25) is 0 Å². The molecule has 2 aliphatic rings. The van der Waals surface area contributed by atoms with Crippen LogP contribution in [-0.2, 0) is 0 Å². The van der Waals surface area contributed by atoms with Gasteiger partial charge in [0.1, 0.15) is 0 Å². The van der Waals surface area contributed by atoms with Crippen molar-refractivity contribution in [2.75, 3.05) is 0 Å². The predicted octanol–water partition coefficient (Wildman–Crippen LogP) is 2.50. The van der Waals surface area contributed by atoms with Crippen molar-refractivity contribution >= 4 is 11.8 Å². The van der Waals surface area contributed by atoms with E-state index in [4.69, 9.17) is 5.73 Å². The van der Waals surface area contributed by atoms with Crippen LogP contribution in [0.2, 0.25) is 0 Å². The lowest BCUT2D eigenvalue weighted by atomic mass is 10.0. The highest BCUT2D eigenvalue weighted by molar-refractivity contribution is 8.01. The second-order valence-corrected chi connectivity index (χ2v) is 5.66. The molecule has 2 saturated carbocycles. The summed E-state index contributed by atoms with van der Waals surface area (Å²) in [4.78, 5) is 0.224. The number of nitrogens with two attached hydrogens (primary N) is 1. The van der Waals surface area contributed by atoms with E-state index < -0.39 is 0 Å². The lowest BCUT2D eigenvalue weighted by Crippen LogP contribution is -2.22. The van der Waals surface area contributed by atoms with Crippen molar-refractivity contribution in [3.05, 3.63) is 0 Å². The maximum absolute atomic E-state index is 6.04. The smallest absolute Gasteiger partial charge is 0.0625 e. The first-order chi connectivity index (χ1) is 5.29. The third-order valence-corrected chi connectivity index (χ3v) is 4.38. The second kappa shape index (κ2) is 2.98. The van der Waals surface area contributed by atoms with Crippen LogP contribution in [0.4, 0.5) is 0 Å². The van der Waals surface area contributed by atoms with Crippen LogP contribution in [0, 0.1) is 0 Å². The van der Waals surface area contributed by atoms with Crippen molar-refractivity contribution in [2.45, 2.75) is 55.1 Å². The van der Waals surface area contributed by atoms with Crippen molar-refractivity contribution in [2.24, 2.45) is 5.73 Å². The van der Waals surface area contributed by atoms with Gasteiger partial charge in [-0.3, -0.25) is 0 Å². The van der Waals surface area contributed by atoms with E-state index in [1.165, 1.54) is 44.9 Å². The van der Waals surface area contributed by atoms with E-state index >= 15 is 0 Å². The van der Waals surface area contributed by atoms with Crippen molar-refractivity contribution in [1.29, 1.82) is 0 Å². The summed E-state index contributed by atoms with van der Waals surface area (Å²) >= 11 is 2.07. The first-order valence-electron chi connectivity index (χ1n) is 4.75. The van der Waals surface area contributed by atoms with Crippen molar-refractivity contribution in [1.82, 2.24) is 0 Å². The lowest BCUT2D eigenvalue weighted by molar-refractivity contribution is 0.514. The topological polar surface area (TPSA) is 26.0 Å². The highest BCUT2D eigenvalue weighted by Crippen LogP contribution is 2.48. The van der Waals surface area contributed by atoms with Gasteiger partial charge in [0.25, 0.3) is 0 Å². The van der Waals surface area contributed by atoms with Gasteiger partial charge in [0.05, 0.1) is 4.87 Å². The minimum Gasteiger partial charge on any atom is -0.317 e. The summed E-state index contributed by atoms with van der Waals surface area (Å²) in [5, 5.41) is 0.899. The molecular weight excluding hydrogens is 154 g/mol. The fourth-order valence-electron chi connectivity index (χ4n) is 1.76. The molecule has 0 unspecified atom stereocenters. The average molecular weight is 171 g/mol. The van der Waals surface area contributed by atoms with Crippen LogP contribution >= 0.6 is 11.8 Å². The Morgan fingerprint density at radius 2 is 1.73 bits per heavy atom. The van der Waals surface area contributed by atoms with Crippen LogP contribution in [-0.4, -0.2) is 10.1 Å². The molecule has 0 saturated heterocycles. The van der Waals surface area contributed by atoms with Crippen LogP contribution in [0.5, 0.6) is 0 Å². The Labute approximate surface area is 73.1 Å². The van der Waals surface area contributed by atoms with E-state index in [0.717, 1.165) is 5.25 Å². The summed E-state index contributed by atoms with van der Waals surface area (Å²) in [6, 6.07) is 0. The SMILES string of the molecule is NC1(SC2CCCCC2)CC1. The predicted molar refractivity (Wildman–Crippen MR) is 50.6 cm³/mol. The Balaban J connectivity index is 1.76. The molecule has 2 N–H and O–H groups in total. The minimum atomic E-state index is 0.224. The average Bonchev–Trinajstić information content (AvgIpc) is 2.70. The van der Waals surface area contributed by atoms with Gasteiger partial charge in [0, 0.05) is 5.25 Å². The lowest BCUT2D eigenvalue weighted by Gasteiger charge is -2.23. The molecule has 0 amide bonds. The molecule has 2 rings (SSSR count). The Hall–Kier alpha value is 0.310. The Bertz CT molecular complexity index is 136. The molecule has 1 nitrogen and oxygen atoms in total. The fourth-order valence-corrected chi connectivity index (χ4v) is 3.33. The molecule has 0 aromatic heterocycles. The van der Waals surface area contributed by atoms with E-state index in [1.807, 2.05) is 0 Å². The van der Waals surface area contributed by atoms with E-state index in [2.05, 4.69) is 11.8 Å². The number of hydrogen-bond acceptors (Lipinski definition) is 2. The number of thioether (sulfide) groups is 1. The van der Waals surface area contributed by atoms with Crippen LogP contribution in [0.25, 0.3) is 0 Å². The molecule has 0 heterocycles. The van der Waals surface area contributed by atoms with Gasteiger partial charge in [-0.15, -0.1) is 11.8 Å². The molecule has 0 aliphatic heterocycles. The van der Waals surface area contributed by atoms with Crippen molar-refractivity contribution in [3.63, 3.8) is 0 Å². The molecule has 0 aromatic carbocycles. The van der Waals surface area contributed by atoms with E-state index in [9.17, 15) is 0 Å². The summed E-state index contributed by atoms with van der Waals surface area (Å²) in [6.45, 7) is 0. The monoisotopic (exact) mass is 171 g/mol. The van der Waals surface area contributed by atoms with E-state index in [1.54, 1.807) is 0 Å². The Morgan fingerprint density at radius 3 is 2.27 bits per heavy atom. The van der Waals surface area contributed by atoms with E-state index in [-0.39, 0.29) is 4.87 Å². The van der Waals surface area contributed by atoms with Crippen LogP contribution in [0.1, 0.15) is 44.9 Å². The van der Waals surface area contributed by atoms with Gasteiger partial charge in [-0.05, 0) is 25.7 Å². The fraction of sp³-hybridized carbons (Fsp3) is 1.00. The third kappa shape index (κ3) is 2.12. The molecule has 0 aromatic rings. The zero-order valence-electron chi connectivity index (χ0n) is 7.01. The standard InChI is InChI=1S/C9H17NS/c10-9(6-7-9)11-8-4-2-1-3-5-8/h8H,1-7,10H2. The molecule has 2 heteroatoms. The highest BCUT2D eigenvalue weighted by Gasteiger charge is 2.40. The summed E-state index contributed by atoms with van der Waals surface area (Å²) in [6.07, 6.45) is 9.69. The molecule has 0 atom stereocenters. The quantitative estimate of drug-likeness (QED) is 0.646. The molecule has 64 valence electrons. The number of hydrogen-bond donors (Lipinski definition) is 1. The van der Waals surface area contributed by atoms with Crippen molar-refractivity contribution < 1.29 is 0 Å². The molecule has 0 radical (unpaired) electrons. The van der Waals surface area contributed by atoms with Gasteiger partial charge in [0.15, 0.2) is 0 Å². The first kappa shape index (κ1) is 7.93. The largest absolute Gasteiger partial charge is 0.317 e. The maximum Gasteiger partial charge on any atom is 0.0625 e. The van der Waals surface area contributed by atoms with Gasteiger partial charge >= 0.3 is 0 Å². The van der Waals surface area contributed by atoms with Gasteiger partial charge < -0.3 is 5.73 Å². The minimum absolute atomic E-state index is 0.224. The molecule has 2 fully saturated rings. The van der Waals surface area contributed by atoms with Gasteiger partial charge in [-0.2, -0.15) is 0 Å². The first-order valence-corrected chi connectivity index (χ1v) is 5.63. The normalized spacial score (nSPS) is 30.3. The molecule has 0 bridgehead atoms. The van der Waals surface area contributed by atoms with E-state index in [0.29, 0.717) is 0 Å². The molecular formula is C9H17NS. The Kier molecular flexibility index (Phi) is 2.15. The van der Waals surface area contributed by atoms with Crippen LogP contribution in [0.15, 0.2) is 0 Å². The zero-order valence-corrected chi connectivity index (χ0v) is 7.83. The second-order valence-electron chi connectivity index (χ2n) is 3.94. The summed E-state index contributed by atoms with van der Waals surface area (Å²) in [5.74, 6) is 0. The summed E-state index contributed by atoms with van der Waals surface area (Å²) < 4.78 is 0. The Morgan fingerprint density at radius 1 is 1.09 bits per heavy atom. The number of rotatable bonds is 2. The van der Waals surface area contributed by atoms with Gasteiger partial charge in [-0.1, -0.05) is 19.3 Å². The van der Waals surface area contributed by atoms with Crippen LogP contribution < -0.4 is 5.73 Å². The summed E-state index contributed by atoms with van der Waals surface area (Å²) in [7, 11) is 0. The zero-order chi connectivity index (χ0) is 7.73. The maximum atomic E-state index is 6.04. The van der Waals surface area contributed by atoms with Gasteiger partial charge in [-0.25, -0.2) is 0 Å². The molecule has 0 spiro atoms. The van der Waals surface area contributed by atoms with Crippen LogP contribution in [0.3, 0.4) is 0 Å². The molecule has 11 heavy (non-hydrogen) atoms. The third-order valence-electron chi connectivity index (χ3n) is 2.70.